The normalized spacial score (nSPS) is 11.5. The number of nitriles is 1. The van der Waals surface area contributed by atoms with Crippen LogP contribution in [-0.2, 0) is 0 Å². The maximum Gasteiger partial charge on any atom is 0.253 e. The van der Waals surface area contributed by atoms with Crippen LogP contribution >= 0.6 is 0 Å². The lowest BCUT2D eigenvalue weighted by Crippen LogP contribution is -2.30. The zero-order valence-corrected chi connectivity index (χ0v) is 11.3. The van der Waals surface area contributed by atoms with Crippen LogP contribution in [0.2, 0.25) is 0 Å². The van der Waals surface area contributed by atoms with E-state index in [1.807, 2.05) is 43.3 Å². The summed E-state index contributed by atoms with van der Waals surface area (Å²) < 4.78 is 0. The summed E-state index contributed by atoms with van der Waals surface area (Å²) in [4.78, 5) is 15.6. The highest BCUT2D eigenvalue weighted by atomic mass is 16.2. The molecule has 0 spiro atoms. The lowest BCUT2D eigenvalue weighted by Gasteiger charge is -2.19. The maximum absolute atomic E-state index is 12.1. The fraction of sp³-hybridized carbons (Fsp3) is 0.429. The highest BCUT2D eigenvalue weighted by Gasteiger charge is 2.14. The Morgan fingerprint density at radius 2 is 1.83 bits per heavy atom. The van der Waals surface area contributed by atoms with Gasteiger partial charge in [-0.2, -0.15) is 5.26 Å². The van der Waals surface area contributed by atoms with Gasteiger partial charge in [0.1, 0.15) is 0 Å². The topological polar surface area (TPSA) is 47.3 Å². The molecule has 0 bridgehead atoms. The lowest BCUT2D eigenvalue weighted by atomic mass is 10.1. The number of anilines is 1. The van der Waals surface area contributed by atoms with E-state index < -0.39 is 0 Å². The van der Waals surface area contributed by atoms with Crippen molar-refractivity contribution in [3.8, 4) is 6.07 Å². The second-order valence-corrected chi connectivity index (χ2v) is 4.66. The van der Waals surface area contributed by atoms with Crippen LogP contribution in [-0.4, -0.2) is 38.5 Å². The molecule has 0 fully saturated rings. The van der Waals surface area contributed by atoms with Gasteiger partial charge in [0.2, 0.25) is 0 Å². The minimum atomic E-state index is -0.153. The first kappa shape index (κ1) is 14.0. The van der Waals surface area contributed by atoms with Gasteiger partial charge in [-0.25, -0.2) is 0 Å². The molecule has 0 heterocycles. The summed E-state index contributed by atoms with van der Waals surface area (Å²) in [5, 5.41) is 8.74. The van der Waals surface area contributed by atoms with Crippen molar-refractivity contribution in [2.24, 2.45) is 5.92 Å². The van der Waals surface area contributed by atoms with Crippen LogP contribution in [0, 0.1) is 17.2 Å². The Morgan fingerprint density at radius 3 is 2.28 bits per heavy atom. The van der Waals surface area contributed by atoms with Gasteiger partial charge in [-0.1, -0.05) is 0 Å². The molecule has 0 saturated heterocycles. The van der Waals surface area contributed by atoms with E-state index in [1.165, 1.54) is 0 Å². The molecule has 0 aliphatic rings. The summed E-state index contributed by atoms with van der Waals surface area (Å²) in [6.45, 7) is 2.25. The molecular formula is C14H19N3O. The van der Waals surface area contributed by atoms with Gasteiger partial charge in [-0.05, 0) is 31.2 Å². The average Bonchev–Trinajstić information content (AvgIpc) is 2.37. The Balaban J connectivity index is 2.75. The Hall–Kier alpha value is -2.02. The molecule has 4 heteroatoms. The van der Waals surface area contributed by atoms with Gasteiger partial charge in [-0.3, -0.25) is 4.79 Å². The van der Waals surface area contributed by atoms with Crippen LogP contribution in [0.25, 0.3) is 0 Å². The Bertz CT molecular complexity index is 445. The third-order valence-electron chi connectivity index (χ3n) is 2.75. The second kappa shape index (κ2) is 6.06. The third kappa shape index (κ3) is 3.49. The standard InChI is InChI=1S/C14H19N3O/c1-11(9-15)10-17(4)14(18)12-5-7-13(8-6-12)16(2)3/h5-8,11H,10H2,1-4H3. The van der Waals surface area contributed by atoms with Crippen LogP contribution in [0.15, 0.2) is 24.3 Å². The van der Waals surface area contributed by atoms with Crippen LogP contribution in [0.5, 0.6) is 0 Å². The molecule has 96 valence electrons. The molecule has 1 amide bonds. The second-order valence-electron chi connectivity index (χ2n) is 4.66. The van der Waals surface area contributed by atoms with Gasteiger partial charge >= 0.3 is 0 Å². The van der Waals surface area contributed by atoms with E-state index in [-0.39, 0.29) is 11.8 Å². The van der Waals surface area contributed by atoms with Crippen molar-refractivity contribution >= 4 is 11.6 Å². The predicted molar refractivity (Wildman–Crippen MR) is 72.5 cm³/mol. The molecular weight excluding hydrogens is 226 g/mol. The maximum atomic E-state index is 12.1. The number of rotatable bonds is 4. The average molecular weight is 245 g/mol. The van der Waals surface area contributed by atoms with Gasteiger partial charge in [-0.15, -0.1) is 0 Å². The monoisotopic (exact) mass is 245 g/mol. The molecule has 18 heavy (non-hydrogen) atoms. The van der Waals surface area contributed by atoms with E-state index in [9.17, 15) is 4.79 Å². The molecule has 0 N–H and O–H groups in total. The number of benzene rings is 1. The van der Waals surface area contributed by atoms with Crippen molar-refractivity contribution in [1.29, 1.82) is 5.26 Å². The number of hydrogen-bond donors (Lipinski definition) is 0. The molecule has 4 nitrogen and oxygen atoms in total. The van der Waals surface area contributed by atoms with Gasteiger partial charge in [0, 0.05) is 38.9 Å². The summed E-state index contributed by atoms with van der Waals surface area (Å²) in [5.74, 6) is -0.206. The van der Waals surface area contributed by atoms with Crippen LogP contribution < -0.4 is 4.90 Å². The first-order valence-corrected chi connectivity index (χ1v) is 5.88. The molecule has 0 saturated carbocycles. The van der Waals surface area contributed by atoms with Crippen molar-refractivity contribution < 1.29 is 4.79 Å². The van der Waals surface area contributed by atoms with Crippen molar-refractivity contribution in [3.63, 3.8) is 0 Å². The third-order valence-corrected chi connectivity index (χ3v) is 2.75. The highest BCUT2D eigenvalue weighted by Crippen LogP contribution is 2.13. The SMILES string of the molecule is CC(C#N)CN(C)C(=O)c1ccc(N(C)C)cc1. The van der Waals surface area contributed by atoms with Crippen LogP contribution in [0.4, 0.5) is 5.69 Å². The Morgan fingerprint density at radius 1 is 1.28 bits per heavy atom. The number of carbonyl (C=O) groups excluding carboxylic acids is 1. The number of amides is 1. The van der Waals surface area contributed by atoms with Crippen molar-refractivity contribution in [2.45, 2.75) is 6.92 Å². The molecule has 0 aliphatic carbocycles. The van der Waals surface area contributed by atoms with E-state index in [0.29, 0.717) is 12.1 Å². The summed E-state index contributed by atoms with van der Waals surface area (Å²) in [7, 11) is 5.63. The number of carbonyl (C=O) groups is 1. The van der Waals surface area contributed by atoms with Crippen molar-refractivity contribution in [2.75, 3.05) is 32.6 Å². The lowest BCUT2D eigenvalue weighted by molar-refractivity contribution is 0.0785. The summed E-state index contributed by atoms with van der Waals surface area (Å²) in [5.41, 5.74) is 1.70. The summed E-state index contributed by atoms with van der Waals surface area (Å²) in [6, 6.07) is 9.57. The van der Waals surface area contributed by atoms with E-state index in [0.717, 1.165) is 5.69 Å². The molecule has 1 rings (SSSR count). The van der Waals surface area contributed by atoms with Gasteiger partial charge in [0.25, 0.3) is 5.91 Å². The van der Waals surface area contributed by atoms with E-state index in [4.69, 9.17) is 5.26 Å². The van der Waals surface area contributed by atoms with Gasteiger partial charge in [0.05, 0.1) is 12.0 Å². The summed E-state index contributed by atoms with van der Waals surface area (Å²) in [6.07, 6.45) is 0. The van der Waals surface area contributed by atoms with E-state index >= 15 is 0 Å². The minimum absolute atomic E-state index is 0.0533. The van der Waals surface area contributed by atoms with Gasteiger partial charge in [0.15, 0.2) is 0 Å². The minimum Gasteiger partial charge on any atom is -0.378 e. The van der Waals surface area contributed by atoms with Gasteiger partial charge < -0.3 is 9.80 Å². The van der Waals surface area contributed by atoms with Crippen LogP contribution in [0.3, 0.4) is 0 Å². The van der Waals surface area contributed by atoms with Crippen LogP contribution in [0.1, 0.15) is 17.3 Å². The smallest absolute Gasteiger partial charge is 0.253 e. The quantitative estimate of drug-likeness (QED) is 0.815. The Kier molecular flexibility index (Phi) is 4.73. The molecule has 1 aromatic rings. The van der Waals surface area contributed by atoms with E-state index in [2.05, 4.69) is 6.07 Å². The number of hydrogen-bond acceptors (Lipinski definition) is 3. The highest BCUT2D eigenvalue weighted by molar-refractivity contribution is 5.94. The molecule has 1 aromatic carbocycles. The first-order valence-electron chi connectivity index (χ1n) is 5.88. The zero-order valence-electron chi connectivity index (χ0n) is 11.3. The predicted octanol–water partition coefficient (Wildman–Crippen LogP) is 1.98. The largest absolute Gasteiger partial charge is 0.378 e. The molecule has 1 atom stereocenters. The first-order chi connectivity index (χ1) is 8.45. The zero-order chi connectivity index (χ0) is 13.7. The molecule has 0 aromatic heterocycles. The fourth-order valence-corrected chi connectivity index (χ4v) is 1.66. The molecule has 0 radical (unpaired) electrons. The van der Waals surface area contributed by atoms with Crippen molar-refractivity contribution in [1.82, 2.24) is 4.90 Å². The number of nitrogens with zero attached hydrogens (tertiary/aromatic N) is 3. The summed E-state index contributed by atoms with van der Waals surface area (Å²) >= 11 is 0. The fourth-order valence-electron chi connectivity index (χ4n) is 1.66. The Labute approximate surface area is 108 Å². The van der Waals surface area contributed by atoms with E-state index in [1.54, 1.807) is 18.9 Å². The molecule has 1 unspecified atom stereocenters. The van der Waals surface area contributed by atoms with Crippen molar-refractivity contribution in [3.05, 3.63) is 29.8 Å². The molecule has 0 aliphatic heterocycles.